The Morgan fingerprint density at radius 1 is 1.56 bits per heavy atom. The molecule has 0 heterocycles. The van der Waals surface area contributed by atoms with E-state index in [0.717, 1.165) is 6.29 Å². The van der Waals surface area contributed by atoms with E-state index in [9.17, 15) is 4.79 Å². The Hall–Kier alpha value is -0.500. The molecule has 0 atom stereocenters. The van der Waals surface area contributed by atoms with Gasteiger partial charge in [0.1, 0.15) is 11.4 Å². The summed E-state index contributed by atoms with van der Waals surface area (Å²) in [5.74, 6) is 0. The van der Waals surface area contributed by atoms with Crippen LogP contribution in [0.1, 0.15) is 6.92 Å². The molecular weight excluding hydrogens is 138 g/mol. The Balaban J connectivity index is 4.27. The predicted octanol–water partition coefficient (Wildman–Crippen LogP) is 1.22. The number of allylic oxidation sites excluding steroid dienone is 1. The Morgan fingerprint density at radius 2 is 2.00 bits per heavy atom. The first-order valence-corrected chi connectivity index (χ1v) is 2.96. The third-order valence-corrected chi connectivity index (χ3v) is 1.53. The first-order valence-electron chi connectivity index (χ1n) is 2.58. The predicted molar refractivity (Wildman–Crippen MR) is 38.3 cm³/mol. The largest absolute Gasteiger partial charge is 0.368 e. The first-order chi connectivity index (χ1) is 4.09. The van der Waals surface area contributed by atoms with Gasteiger partial charge in [-0.2, -0.15) is 0 Å². The van der Waals surface area contributed by atoms with Gasteiger partial charge in [-0.15, -0.1) is 0 Å². The number of carbonyl (C=O) groups excluding carboxylic acids is 1. The van der Waals surface area contributed by atoms with Gasteiger partial charge in [0.05, 0.1) is 0 Å². The fourth-order valence-corrected chi connectivity index (χ4v) is 0.446. The Morgan fingerprint density at radius 3 is 2.11 bits per heavy atom. The Kier molecular flexibility index (Phi) is 3.32. The molecule has 0 N–H and O–H groups in total. The number of hydrogen-bond donors (Lipinski definition) is 0. The molecule has 0 aliphatic heterocycles. The van der Waals surface area contributed by atoms with Crippen LogP contribution in [0, 0.1) is 0 Å². The van der Waals surface area contributed by atoms with Crippen molar-refractivity contribution in [3.05, 3.63) is 10.7 Å². The van der Waals surface area contributed by atoms with Gasteiger partial charge in [-0.3, -0.25) is 4.79 Å². The number of hydrogen-bond acceptors (Lipinski definition) is 2. The SMILES string of the molecule is CC(C=O)=C(Cl)N(C)C. The van der Waals surface area contributed by atoms with Gasteiger partial charge in [-0.1, -0.05) is 11.6 Å². The number of carbonyl (C=O) groups is 1. The quantitative estimate of drug-likeness (QED) is 0.333. The smallest absolute Gasteiger partial charge is 0.148 e. The molecule has 0 radical (unpaired) electrons. The second-order valence-electron chi connectivity index (χ2n) is 1.99. The molecule has 0 bridgehead atoms. The monoisotopic (exact) mass is 147 g/mol. The maximum Gasteiger partial charge on any atom is 0.148 e. The van der Waals surface area contributed by atoms with Gasteiger partial charge in [0.15, 0.2) is 0 Å². The van der Waals surface area contributed by atoms with Crippen molar-refractivity contribution >= 4 is 17.9 Å². The molecule has 9 heavy (non-hydrogen) atoms. The number of halogens is 1. The van der Waals surface area contributed by atoms with Gasteiger partial charge < -0.3 is 4.90 Å². The fourth-order valence-electron chi connectivity index (χ4n) is 0.401. The van der Waals surface area contributed by atoms with E-state index in [-0.39, 0.29) is 0 Å². The molecule has 3 heteroatoms. The third kappa shape index (κ3) is 2.51. The van der Waals surface area contributed by atoms with Gasteiger partial charge in [0.25, 0.3) is 0 Å². The zero-order chi connectivity index (χ0) is 7.44. The second kappa shape index (κ2) is 3.51. The lowest BCUT2D eigenvalue weighted by molar-refractivity contribution is -0.104. The van der Waals surface area contributed by atoms with Crippen molar-refractivity contribution in [2.45, 2.75) is 6.92 Å². The van der Waals surface area contributed by atoms with Crippen molar-refractivity contribution in [3.63, 3.8) is 0 Å². The van der Waals surface area contributed by atoms with Crippen LogP contribution in [0.25, 0.3) is 0 Å². The van der Waals surface area contributed by atoms with Gasteiger partial charge in [0, 0.05) is 19.7 Å². The molecule has 0 aliphatic carbocycles. The summed E-state index contributed by atoms with van der Waals surface area (Å²) in [6, 6.07) is 0. The number of rotatable bonds is 2. The van der Waals surface area contributed by atoms with Crippen molar-refractivity contribution < 1.29 is 4.79 Å². The van der Waals surface area contributed by atoms with Crippen LogP contribution in [-0.4, -0.2) is 25.3 Å². The lowest BCUT2D eigenvalue weighted by atomic mass is 10.4. The maximum absolute atomic E-state index is 10.1. The van der Waals surface area contributed by atoms with Crippen LogP contribution in [0.2, 0.25) is 0 Å². The van der Waals surface area contributed by atoms with Crippen LogP contribution in [-0.2, 0) is 4.79 Å². The van der Waals surface area contributed by atoms with E-state index in [2.05, 4.69) is 0 Å². The molecule has 0 spiro atoms. The summed E-state index contributed by atoms with van der Waals surface area (Å²) in [6.07, 6.45) is 0.738. The van der Waals surface area contributed by atoms with Gasteiger partial charge in [-0.05, 0) is 6.92 Å². The summed E-state index contributed by atoms with van der Waals surface area (Å²) in [5, 5.41) is 0.491. The molecule has 0 aliphatic rings. The van der Waals surface area contributed by atoms with Gasteiger partial charge in [0.2, 0.25) is 0 Å². The molecule has 0 saturated heterocycles. The van der Waals surface area contributed by atoms with Crippen molar-refractivity contribution in [2.24, 2.45) is 0 Å². The van der Waals surface area contributed by atoms with Crippen LogP contribution in [0.15, 0.2) is 10.7 Å². The van der Waals surface area contributed by atoms with Crippen molar-refractivity contribution in [1.82, 2.24) is 4.90 Å². The van der Waals surface area contributed by atoms with E-state index in [1.54, 1.807) is 25.9 Å². The van der Waals surface area contributed by atoms with Crippen LogP contribution in [0.5, 0.6) is 0 Å². The number of aldehydes is 1. The third-order valence-electron chi connectivity index (χ3n) is 0.895. The highest BCUT2D eigenvalue weighted by atomic mass is 35.5. The average Bonchev–Trinajstić information content (AvgIpc) is 1.84. The summed E-state index contributed by atoms with van der Waals surface area (Å²) < 4.78 is 0. The molecule has 2 nitrogen and oxygen atoms in total. The zero-order valence-corrected chi connectivity index (χ0v) is 6.57. The van der Waals surface area contributed by atoms with E-state index >= 15 is 0 Å². The minimum atomic E-state index is 0.491. The highest BCUT2D eigenvalue weighted by molar-refractivity contribution is 6.30. The Bertz CT molecular complexity index is 140. The maximum atomic E-state index is 10.1. The van der Waals surface area contributed by atoms with E-state index in [0.29, 0.717) is 10.7 Å². The molecule has 0 amide bonds. The summed E-state index contributed by atoms with van der Waals surface area (Å²) >= 11 is 5.64. The van der Waals surface area contributed by atoms with Crippen LogP contribution >= 0.6 is 11.6 Å². The summed E-state index contributed by atoms with van der Waals surface area (Å²) in [6.45, 7) is 1.68. The molecule has 0 saturated carbocycles. The van der Waals surface area contributed by atoms with Crippen LogP contribution in [0.4, 0.5) is 0 Å². The topological polar surface area (TPSA) is 20.3 Å². The standard InChI is InChI=1S/C6H10ClNO/c1-5(4-9)6(7)8(2)3/h4H,1-3H3. The fraction of sp³-hybridized carbons (Fsp3) is 0.500. The van der Waals surface area contributed by atoms with E-state index < -0.39 is 0 Å². The minimum absolute atomic E-state index is 0.491. The first kappa shape index (κ1) is 8.50. The molecule has 0 aromatic heterocycles. The average molecular weight is 148 g/mol. The normalized spacial score (nSPS) is 12.4. The molecule has 0 fully saturated rings. The summed E-state index contributed by atoms with van der Waals surface area (Å²) in [5.41, 5.74) is 0.557. The summed E-state index contributed by atoms with van der Waals surface area (Å²) in [7, 11) is 3.57. The lowest BCUT2D eigenvalue weighted by Gasteiger charge is -2.10. The zero-order valence-electron chi connectivity index (χ0n) is 5.81. The lowest BCUT2D eigenvalue weighted by Crippen LogP contribution is -2.08. The van der Waals surface area contributed by atoms with Gasteiger partial charge >= 0.3 is 0 Å². The van der Waals surface area contributed by atoms with E-state index in [1.165, 1.54) is 0 Å². The van der Waals surface area contributed by atoms with Crippen LogP contribution < -0.4 is 0 Å². The minimum Gasteiger partial charge on any atom is -0.368 e. The second-order valence-corrected chi connectivity index (χ2v) is 2.34. The molecular formula is C6H10ClNO. The Labute approximate surface area is 60.1 Å². The van der Waals surface area contributed by atoms with Gasteiger partial charge in [-0.25, -0.2) is 0 Å². The molecule has 52 valence electrons. The molecule has 0 rings (SSSR count). The highest BCUT2D eigenvalue weighted by Gasteiger charge is 1.97. The highest BCUT2D eigenvalue weighted by Crippen LogP contribution is 2.08. The molecule has 0 aromatic carbocycles. The van der Waals surface area contributed by atoms with Crippen molar-refractivity contribution in [1.29, 1.82) is 0 Å². The van der Waals surface area contributed by atoms with E-state index in [1.807, 2.05) is 0 Å². The van der Waals surface area contributed by atoms with Crippen molar-refractivity contribution in [2.75, 3.05) is 14.1 Å². The summed E-state index contributed by atoms with van der Waals surface area (Å²) in [4.78, 5) is 11.8. The number of nitrogens with zero attached hydrogens (tertiary/aromatic N) is 1. The van der Waals surface area contributed by atoms with Crippen LogP contribution in [0.3, 0.4) is 0 Å². The molecule has 0 unspecified atom stereocenters. The van der Waals surface area contributed by atoms with E-state index in [4.69, 9.17) is 11.6 Å². The molecule has 0 aromatic rings. The van der Waals surface area contributed by atoms with Crippen molar-refractivity contribution in [3.8, 4) is 0 Å².